The van der Waals surface area contributed by atoms with Crippen LogP contribution in [0.5, 0.6) is 0 Å². The van der Waals surface area contributed by atoms with Crippen molar-refractivity contribution in [1.29, 1.82) is 0 Å². The van der Waals surface area contributed by atoms with Gasteiger partial charge in [-0.2, -0.15) is 0 Å². The van der Waals surface area contributed by atoms with Gasteiger partial charge in [-0.3, -0.25) is 0 Å². The summed E-state index contributed by atoms with van der Waals surface area (Å²) in [4.78, 5) is 2.23. The average molecular weight is 177 g/mol. The molecule has 1 fully saturated rings. The van der Waals surface area contributed by atoms with Crippen molar-refractivity contribution < 1.29 is 0 Å². The van der Waals surface area contributed by atoms with Crippen molar-refractivity contribution in [3.05, 3.63) is 30.3 Å². The van der Waals surface area contributed by atoms with Gasteiger partial charge in [0.2, 0.25) is 0 Å². The minimum atomic E-state index is 0.108. The van der Waals surface area contributed by atoms with Gasteiger partial charge in [-0.25, -0.2) is 0 Å². The molecule has 1 atom stereocenters. The Bertz CT molecular complexity index is 260. The Hall–Kier alpha value is -1.06. The van der Waals surface area contributed by atoms with E-state index in [0.29, 0.717) is 0 Å². The first-order valence-electron chi connectivity index (χ1n) is 4.66. The highest BCUT2D eigenvalue weighted by atomic mass is 15.3. The van der Waals surface area contributed by atoms with E-state index in [1.807, 2.05) is 18.2 Å². The van der Waals surface area contributed by atoms with Gasteiger partial charge in [0.25, 0.3) is 0 Å². The molecule has 0 amide bonds. The van der Waals surface area contributed by atoms with Crippen LogP contribution in [0.25, 0.3) is 0 Å². The number of rotatable bonds is 1. The van der Waals surface area contributed by atoms with Crippen molar-refractivity contribution in [2.75, 3.05) is 24.5 Å². The molecule has 70 valence electrons. The SMILES string of the molecule is NC1CNCCN1c1ccccc1. The standard InChI is InChI=1S/C10H15N3/c11-10-8-12-6-7-13(10)9-4-2-1-3-5-9/h1-5,10,12H,6-8,11H2. The maximum atomic E-state index is 5.97. The molecule has 3 nitrogen and oxygen atoms in total. The molecular weight excluding hydrogens is 162 g/mol. The van der Waals surface area contributed by atoms with Crippen LogP contribution in [-0.2, 0) is 0 Å². The Morgan fingerprint density at radius 3 is 2.77 bits per heavy atom. The zero-order valence-corrected chi connectivity index (χ0v) is 7.61. The fraction of sp³-hybridized carbons (Fsp3) is 0.400. The van der Waals surface area contributed by atoms with Gasteiger partial charge in [0.05, 0.1) is 6.17 Å². The first-order valence-corrected chi connectivity index (χ1v) is 4.66. The van der Waals surface area contributed by atoms with Crippen molar-refractivity contribution in [2.45, 2.75) is 6.17 Å². The summed E-state index contributed by atoms with van der Waals surface area (Å²) in [7, 11) is 0. The number of benzene rings is 1. The quantitative estimate of drug-likeness (QED) is 0.651. The van der Waals surface area contributed by atoms with Crippen molar-refractivity contribution >= 4 is 5.69 Å². The van der Waals surface area contributed by atoms with Gasteiger partial charge in [0, 0.05) is 25.3 Å². The summed E-state index contributed by atoms with van der Waals surface area (Å²) in [5, 5.41) is 3.27. The molecule has 1 aromatic rings. The minimum absolute atomic E-state index is 0.108. The predicted octanol–water partition coefficient (Wildman–Crippen LogP) is 0.381. The summed E-state index contributed by atoms with van der Waals surface area (Å²) in [5.74, 6) is 0. The molecule has 13 heavy (non-hydrogen) atoms. The van der Waals surface area contributed by atoms with Crippen molar-refractivity contribution in [3.63, 3.8) is 0 Å². The zero-order chi connectivity index (χ0) is 9.10. The molecule has 0 saturated carbocycles. The maximum Gasteiger partial charge on any atom is 0.0897 e. The van der Waals surface area contributed by atoms with Crippen LogP contribution in [0.4, 0.5) is 5.69 Å². The number of nitrogens with one attached hydrogen (secondary N) is 1. The lowest BCUT2D eigenvalue weighted by molar-refractivity contribution is 0.486. The summed E-state index contributed by atoms with van der Waals surface area (Å²) in [6.07, 6.45) is 0.108. The number of nitrogens with two attached hydrogens (primary N) is 1. The smallest absolute Gasteiger partial charge is 0.0897 e. The van der Waals surface area contributed by atoms with Crippen LogP contribution in [0, 0.1) is 0 Å². The maximum absolute atomic E-state index is 5.97. The van der Waals surface area contributed by atoms with Gasteiger partial charge in [-0.05, 0) is 12.1 Å². The second-order valence-corrected chi connectivity index (χ2v) is 3.30. The lowest BCUT2D eigenvalue weighted by Gasteiger charge is -2.35. The van der Waals surface area contributed by atoms with Gasteiger partial charge in [0.1, 0.15) is 0 Å². The fourth-order valence-corrected chi connectivity index (χ4v) is 1.67. The third kappa shape index (κ3) is 1.82. The number of piperazine rings is 1. The zero-order valence-electron chi connectivity index (χ0n) is 7.61. The van der Waals surface area contributed by atoms with E-state index >= 15 is 0 Å². The molecule has 0 aliphatic carbocycles. The summed E-state index contributed by atoms with van der Waals surface area (Å²) in [6.45, 7) is 2.88. The molecule has 3 N–H and O–H groups in total. The van der Waals surface area contributed by atoms with E-state index in [0.717, 1.165) is 19.6 Å². The van der Waals surface area contributed by atoms with E-state index in [-0.39, 0.29) is 6.17 Å². The second-order valence-electron chi connectivity index (χ2n) is 3.30. The number of para-hydroxylation sites is 1. The third-order valence-corrected chi connectivity index (χ3v) is 2.37. The minimum Gasteiger partial charge on any atom is -0.354 e. The Balaban J connectivity index is 2.15. The summed E-state index contributed by atoms with van der Waals surface area (Å²) in [6, 6.07) is 10.3. The first kappa shape index (κ1) is 8.53. The molecular formula is C10H15N3. The van der Waals surface area contributed by atoms with E-state index in [2.05, 4.69) is 22.3 Å². The Labute approximate surface area is 78.5 Å². The normalized spacial score (nSPS) is 23.2. The van der Waals surface area contributed by atoms with Crippen LogP contribution in [-0.4, -0.2) is 25.8 Å². The van der Waals surface area contributed by atoms with Crippen molar-refractivity contribution in [3.8, 4) is 0 Å². The number of nitrogens with zero attached hydrogens (tertiary/aromatic N) is 1. The average Bonchev–Trinajstić information content (AvgIpc) is 2.20. The Morgan fingerprint density at radius 1 is 1.31 bits per heavy atom. The topological polar surface area (TPSA) is 41.3 Å². The van der Waals surface area contributed by atoms with Crippen LogP contribution in [0.15, 0.2) is 30.3 Å². The molecule has 1 aromatic carbocycles. The van der Waals surface area contributed by atoms with Gasteiger partial charge in [-0.15, -0.1) is 0 Å². The highest BCUT2D eigenvalue weighted by molar-refractivity contribution is 5.47. The summed E-state index contributed by atoms with van der Waals surface area (Å²) >= 11 is 0. The number of hydrogen-bond acceptors (Lipinski definition) is 3. The highest BCUT2D eigenvalue weighted by Crippen LogP contribution is 2.14. The van der Waals surface area contributed by atoms with Gasteiger partial charge < -0.3 is 16.0 Å². The lowest BCUT2D eigenvalue weighted by Crippen LogP contribution is -2.56. The van der Waals surface area contributed by atoms with E-state index < -0.39 is 0 Å². The van der Waals surface area contributed by atoms with Gasteiger partial charge in [0.15, 0.2) is 0 Å². The second kappa shape index (κ2) is 3.77. The Kier molecular flexibility index (Phi) is 2.47. The largest absolute Gasteiger partial charge is 0.354 e. The van der Waals surface area contributed by atoms with E-state index in [4.69, 9.17) is 5.73 Å². The van der Waals surface area contributed by atoms with Crippen LogP contribution in [0.1, 0.15) is 0 Å². The van der Waals surface area contributed by atoms with Crippen LogP contribution in [0.3, 0.4) is 0 Å². The molecule has 0 aromatic heterocycles. The molecule has 3 heteroatoms. The lowest BCUT2D eigenvalue weighted by atomic mass is 10.2. The third-order valence-electron chi connectivity index (χ3n) is 2.37. The molecule has 0 radical (unpaired) electrons. The number of hydrogen-bond donors (Lipinski definition) is 2. The van der Waals surface area contributed by atoms with Gasteiger partial charge >= 0.3 is 0 Å². The summed E-state index contributed by atoms with van der Waals surface area (Å²) < 4.78 is 0. The van der Waals surface area contributed by atoms with E-state index in [9.17, 15) is 0 Å². The summed E-state index contributed by atoms with van der Waals surface area (Å²) in [5.41, 5.74) is 7.19. The molecule has 2 rings (SSSR count). The molecule has 0 bridgehead atoms. The van der Waals surface area contributed by atoms with Crippen molar-refractivity contribution in [1.82, 2.24) is 5.32 Å². The van der Waals surface area contributed by atoms with Crippen LogP contribution >= 0.6 is 0 Å². The van der Waals surface area contributed by atoms with Crippen LogP contribution in [0.2, 0.25) is 0 Å². The molecule has 1 aliphatic rings. The highest BCUT2D eigenvalue weighted by Gasteiger charge is 2.17. The molecule has 1 heterocycles. The predicted molar refractivity (Wildman–Crippen MR) is 54.6 cm³/mol. The first-order chi connectivity index (χ1) is 6.38. The van der Waals surface area contributed by atoms with Gasteiger partial charge in [-0.1, -0.05) is 18.2 Å². The monoisotopic (exact) mass is 177 g/mol. The number of anilines is 1. The van der Waals surface area contributed by atoms with Crippen molar-refractivity contribution in [2.24, 2.45) is 5.73 Å². The molecule has 0 spiro atoms. The van der Waals surface area contributed by atoms with E-state index in [1.165, 1.54) is 5.69 Å². The molecule has 1 unspecified atom stereocenters. The molecule has 1 saturated heterocycles. The Morgan fingerprint density at radius 2 is 2.08 bits per heavy atom. The molecule has 1 aliphatic heterocycles. The van der Waals surface area contributed by atoms with Crippen LogP contribution < -0.4 is 16.0 Å². The van der Waals surface area contributed by atoms with E-state index in [1.54, 1.807) is 0 Å². The fourth-order valence-electron chi connectivity index (χ4n) is 1.67.